The molecule has 0 radical (unpaired) electrons. The Kier molecular flexibility index (Phi) is 1.51. The molecule has 1 nitrogen and oxygen atoms in total. The summed E-state index contributed by atoms with van der Waals surface area (Å²) in [4.78, 5) is 0. The molecule has 1 heteroatoms. The van der Waals surface area contributed by atoms with Gasteiger partial charge < -0.3 is 5.32 Å². The average molecular weight is 339 g/mol. The van der Waals surface area contributed by atoms with Crippen molar-refractivity contribution in [1.82, 2.24) is 0 Å². The first kappa shape index (κ1) is 5.34. The molecule has 4 aromatic carbocycles. The van der Waals surface area contributed by atoms with Crippen molar-refractivity contribution in [2.75, 3.05) is 5.32 Å². The number of rotatable bonds is 4. The Balaban J connectivity index is 2.19. The molecule has 120 valence electrons. The van der Waals surface area contributed by atoms with Crippen molar-refractivity contribution < 1.29 is 23.3 Å². The molecule has 4 aromatic rings. The van der Waals surface area contributed by atoms with Crippen LogP contribution in [0.5, 0.6) is 0 Å². The highest BCUT2D eigenvalue weighted by Crippen LogP contribution is 2.32. The lowest BCUT2D eigenvalue weighted by atomic mass is 9.98. The molecule has 0 unspecified atom stereocenters. The number of hydrogen-bond donors (Lipinski definition) is 1. The number of anilines is 2. The van der Waals surface area contributed by atoms with E-state index in [1.165, 1.54) is 0 Å². The fraction of sp³-hybridized carbons (Fsp3) is 0. The summed E-state index contributed by atoms with van der Waals surface area (Å²) in [6.45, 7) is 0. The Morgan fingerprint density at radius 1 is 0.560 bits per heavy atom. The van der Waals surface area contributed by atoms with E-state index in [-0.39, 0.29) is 5.69 Å². The molecule has 0 fully saturated rings. The summed E-state index contributed by atoms with van der Waals surface area (Å²) in [6, 6.07) is -11.6. The van der Waals surface area contributed by atoms with Gasteiger partial charge >= 0.3 is 0 Å². The number of hydrogen-bond acceptors (Lipinski definition) is 1. The molecule has 0 aliphatic rings. The minimum Gasteiger partial charge on any atom is -0.355 e. The van der Waals surface area contributed by atoms with E-state index in [9.17, 15) is 0 Å². The molecule has 0 spiro atoms. The van der Waals surface area contributed by atoms with Crippen LogP contribution in [0.25, 0.3) is 22.3 Å². The largest absolute Gasteiger partial charge is 0.355 e. The maximum atomic E-state index is 8.93. The van der Waals surface area contributed by atoms with Gasteiger partial charge in [0, 0.05) is 16.9 Å². The Bertz CT molecular complexity index is 1800. The maximum Gasteiger partial charge on any atom is 0.0645 e. The number of benzene rings is 4. The minimum atomic E-state index is -0.859. The molecule has 0 aliphatic heterocycles. The highest BCUT2D eigenvalue weighted by atomic mass is 14.9. The van der Waals surface area contributed by atoms with Gasteiger partial charge in [-0.15, -0.1) is 0 Å². The molecule has 0 bridgehead atoms. The molecule has 0 atom stereocenters. The minimum absolute atomic E-state index is 0.306. The van der Waals surface area contributed by atoms with Crippen LogP contribution in [0.1, 0.15) is 23.3 Å². The van der Waals surface area contributed by atoms with Crippen molar-refractivity contribution in [3.05, 3.63) is 109 Å². The van der Waals surface area contributed by atoms with E-state index >= 15 is 0 Å². The van der Waals surface area contributed by atoms with Crippen LogP contribution >= 0.6 is 0 Å². The quantitative estimate of drug-likeness (QED) is 0.433. The van der Waals surface area contributed by atoms with Crippen molar-refractivity contribution >= 4 is 11.4 Å². The zero-order chi connectivity index (χ0) is 31.7. The number of para-hydroxylation sites is 2. The fourth-order valence-electron chi connectivity index (χ4n) is 2.04. The van der Waals surface area contributed by atoms with E-state index < -0.39 is 131 Å². The van der Waals surface area contributed by atoms with Crippen LogP contribution in [0.2, 0.25) is 0 Å². The molecular weight excluding hydrogens is 302 g/mol. The van der Waals surface area contributed by atoms with Crippen LogP contribution in [-0.4, -0.2) is 0 Å². The normalized spacial score (nSPS) is 19.9. The summed E-state index contributed by atoms with van der Waals surface area (Å²) in [5, 5.41) is 2.57. The maximum absolute atomic E-state index is 8.93. The predicted octanol–water partition coefficient (Wildman–Crippen LogP) is 6.76. The summed E-state index contributed by atoms with van der Waals surface area (Å²) in [5.74, 6) is 0. The second-order valence-corrected chi connectivity index (χ2v) is 4.70. The average Bonchev–Trinajstić information content (AvgIpc) is 2.96. The molecule has 4 rings (SSSR count). The van der Waals surface area contributed by atoms with Gasteiger partial charge in [0.15, 0.2) is 0 Å². The molecule has 1 N–H and O–H groups in total. The van der Waals surface area contributed by atoms with Gasteiger partial charge in [-0.2, -0.15) is 0 Å². The van der Waals surface area contributed by atoms with Crippen molar-refractivity contribution in [1.29, 1.82) is 0 Å². The molecule has 25 heavy (non-hydrogen) atoms. The van der Waals surface area contributed by atoms with Gasteiger partial charge in [0.25, 0.3) is 0 Å². The zero-order valence-electron chi connectivity index (χ0n) is 29.6. The summed E-state index contributed by atoms with van der Waals surface area (Å²) in [6.07, 6.45) is 0. The smallest absolute Gasteiger partial charge is 0.0645 e. The zero-order valence-corrected chi connectivity index (χ0v) is 12.6. The van der Waals surface area contributed by atoms with Crippen LogP contribution in [0.4, 0.5) is 11.4 Å². The van der Waals surface area contributed by atoms with Crippen molar-refractivity contribution in [3.8, 4) is 22.3 Å². The lowest BCUT2D eigenvalue weighted by Gasteiger charge is -2.13. The Hall–Kier alpha value is -3.32. The highest BCUT2D eigenvalue weighted by Gasteiger charge is 2.06. The van der Waals surface area contributed by atoms with Crippen LogP contribution in [0.3, 0.4) is 0 Å². The van der Waals surface area contributed by atoms with Crippen molar-refractivity contribution in [3.63, 3.8) is 0 Å². The first-order valence-electron chi connectivity index (χ1n) is 15.6. The first-order valence-corrected chi connectivity index (χ1v) is 7.08. The molecule has 0 amide bonds. The summed E-state index contributed by atoms with van der Waals surface area (Å²) in [7, 11) is 0. The molecule has 0 aliphatic carbocycles. The van der Waals surface area contributed by atoms with Crippen LogP contribution < -0.4 is 5.32 Å². The van der Waals surface area contributed by atoms with E-state index in [0.717, 1.165) is 6.07 Å². The Morgan fingerprint density at radius 3 is 2.16 bits per heavy atom. The fourth-order valence-corrected chi connectivity index (χ4v) is 2.04. The van der Waals surface area contributed by atoms with Gasteiger partial charge in [0.05, 0.1) is 23.3 Å². The van der Waals surface area contributed by atoms with Crippen LogP contribution in [0, 0.1) is 0 Å². The monoisotopic (exact) mass is 338 g/mol. The lowest BCUT2D eigenvalue weighted by Crippen LogP contribution is -1.93. The Morgan fingerprint density at radius 2 is 1.24 bits per heavy atom. The second kappa shape index (κ2) is 7.06. The summed E-state index contributed by atoms with van der Waals surface area (Å²) in [5.41, 5.74) is -3.27. The molecule has 0 saturated heterocycles. The van der Waals surface area contributed by atoms with E-state index in [1.807, 2.05) is 0 Å². The third-order valence-corrected chi connectivity index (χ3v) is 3.12. The van der Waals surface area contributed by atoms with E-state index in [1.54, 1.807) is 0 Å². The molecule has 0 aromatic heterocycles. The van der Waals surface area contributed by atoms with Gasteiger partial charge in [-0.3, -0.25) is 0 Å². The van der Waals surface area contributed by atoms with Crippen LogP contribution in [-0.2, 0) is 0 Å². The second-order valence-electron chi connectivity index (χ2n) is 4.70. The van der Waals surface area contributed by atoms with E-state index in [2.05, 4.69) is 5.32 Å². The molecule has 0 heterocycles. The first-order chi connectivity index (χ1) is 19.4. The molecular formula is C24H19N. The SMILES string of the molecule is [2H]c1cc(Nc2c([2H])c([2H])c([2H])c([2H])c2-c2c([2H])c([2H])c([2H])c(-c3c([2H])c([2H])c([2H])c([2H])c3[2H])c2[2H])c([2H])c([2H])c1[2H]. The van der Waals surface area contributed by atoms with Gasteiger partial charge in [-0.25, -0.2) is 0 Å². The van der Waals surface area contributed by atoms with Gasteiger partial charge in [-0.1, -0.05) is 84.6 Å². The van der Waals surface area contributed by atoms with Crippen LogP contribution in [0.15, 0.2) is 109 Å². The molecule has 0 saturated carbocycles. The lowest BCUT2D eigenvalue weighted by molar-refractivity contribution is 1.53. The van der Waals surface area contributed by atoms with E-state index in [0.29, 0.717) is 0 Å². The van der Waals surface area contributed by atoms with Gasteiger partial charge in [0.2, 0.25) is 0 Å². The predicted molar refractivity (Wildman–Crippen MR) is 107 cm³/mol. The van der Waals surface area contributed by atoms with Crippen molar-refractivity contribution in [2.24, 2.45) is 0 Å². The summed E-state index contributed by atoms with van der Waals surface area (Å²) < 4.78 is 140. The summed E-state index contributed by atoms with van der Waals surface area (Å²) >= 11 is 0. The Labute approximate surface area is 172 Å². The van der Waals surface area contributed by atoms with Crippen molar-refractivity contribution in [2.45, 2.75) is 0 Å². The highest BCUT2D eigenvalue weighted by molar-refractivity contribution is 5.83. The number of nitrogens with one attached hydrogen (secondary N) is 1. The van der Waals surface area contributed by atoms with Gasteiger partial charge in [-0.05, 0) is 40.9 Å². The third-order valence-electron chi connectivity index (χ3n) is 3.12. The van der Waals surface area contributed by atoms with E-state index in [4.69, 9.17) is 23.3 Å². The van der Waals surface area contributed by atoms with Gasteiger partial charge in [0.1, 0.15) is 0 Å². The standard InChI is InChI=1S/C24H19N/c1-3-10-19(11-4-1)20-12-9-13-21(18-20)23-16-7-8-17-24(23)25-22-14-5-2-6-15-22/h1-18,25H/i1D,2D,3D,4D,5D,6D,7D,8D,9D,10D,11D,12D,13D,14D,16D,17D,18D. The third kappa shape index (κ3) is 3.46. The topological polar surface area (TPSA) is 12.0 Å².